The lowest BCUT2D eigenvalue weighted by molar-refractivity contribution is 0.205. The number of aromatic nitrogens is 3. The molecule has 1 atom stereocenters. The molecule has 3 aromatic rings. The van der Waals surface area contributed by atoms with Gasteiger partial charge in [-0.2, -0.15) is 0 Å². The summed E-state index contributed by atoms with van der Waals surface area (Å²) < 4.78 is 7.97. The average molecular weight is 350 g/mol. The summed E-state index contributed by atoms with van der Waals surface area (Å²) in [5, 5.41) is 3.40. The second-order valence-corrected chi connectivity index (χ2v) is 6.24. The van der Waals surface area contributed by atoms with Gasteiger partial charge in [0.15, 0.2) is 5.96 Å². The summed E-state index contributed by atoms with van der Waals surface area (Å²) >= 11 is 0. The average Bonchev–Trinajstić information content (AvgIpc) is 3.30. The predicted octanol–water partition coefficient (Wildman–Crippen LogP) is 1.96. The number of pyridine rings is 2. The number of likely N-dealkylation sites (tertiary alicyclic amines) is 1. The molecule has 1 aliphatic heterocycles. The molecule has 0 spiro atoms. The van der Waals surface area contributed by atoms with E-state index in [0.717, 1.165) is 36.8 Å². The SMILES string of the molecule is CN=C(NCc1cn2ccccc2n1)N1CCC(Oc2ccccn2)C1. The standard InChI is InChI=1S/C19H22N6O/c1-20-19(22-12-15-13-24-10-5-3-6-17(24)23-15)25-11-8-16(14-25)26-18-7-2-4-9-21-18/h2-7,9-10,13,16H,8,11-12,14H2,1H3,(H,20,22). The molecule has 3 aromatic heterocycles. The van der Waals surface area contributed by atoms with Crippen LogP contribution in [-0.2, 0) is 6.54 Å². The number of nitrogens with one attached hydrogen (secondary N) is 1. The Balaban J connectivity index is 1.34. The fourth-order valence-corrected chi connectivity index (χ4v) is 3.18. The van der Waals surface area contributed by atoms with Crippen LogP contribution in [0.15, 0.2) is 60.0 Å². The van der Waals surface area contributed by atoms with Crippen LogP contribution in [0.5, 0.6) is 5.88 Å². The van der Waals surface area contributed by atoms with E-state index in [1.165, 1.54) is 0 Å². The Morgan fingerprint density at radius 3 is 3.04 bits per heavy atom. The molecule has 0 amide bonds. The fraction of sp³-hybridized carbons (Fsp3) is 0.316. The number of hydrogen-bond donors (Lipinski definition) is 1. The summed E-state index contributed by atoms with van der Waals surface area (Å²) in [5.41, 5.74) is 1.93. The summed E-state index contributed by atoms with van der Waals surface area (Å²) in [6.45, 7) is 2.33. The molecular formula is C19H22N6O. The Labute approximate surface area is 152 Å². The highest BCUT2D eigenvalue weighted by atomic mass is 16.5. The Kier molecular flexibility index (Phi) is 4.68. The number of imidazole rings is 1. The Morgan fingerprint density at radius 1 is 1.31 bits per heavy atom. The number of ether oxygens (including phenoxy) is 1. The van der Waals surface area contributed by atoms with Crippen LogP contribution in [0.25, 0.3) is 5.65 Å². The maximum absolute atomic E-state index is 5.95. The van der Waals surface area contributed by atoms with E-state index in [1.807, 2.05) is 53.2 Å². The predicted molar refractivity (Wildman–Crippen MR) is 100 cm³/mol. The van der Waals surface area contributed by atoms with E-state index in [2.05, 4.69) is 25.2 Å². The zero-order chi connectivity index (χ0) is 17.8. The van der Waals surface area contributed by atoms with Crippen molar-refractivity contribution < 1.29 is 4.74 Å². The molecule has 26 heavy (non-hydrogen) atoms. The molecule has 0 bridgehead atoms. The van der Waals surface area contributed by atoms with Crippen molar-refractivity contribution in [1.82, 2.24) is 24.6 Å². The zero-order valence-corrected chi connectivity index (χ0v) is 14.7. The van der Waals surface area contributed by atoms with Crippen LogP contribution in [0.1, 0.15) is 12.1 Å². The van der Waals surface area contributed by atoms with Crippen LogP contribution in [0.2, 0.25) is 0 Å². The second-order valence-electron chi connectivity index (χ2n) is 6.24. The number of aliphatic imine (C=N–C) groups is 1. The van der Waals surface area contributed by atoms with E-state index < -0.39 is 0 Å². The van der Waals surface area contributed by atoms with Gasteiger partial charge in [0.2, 0.25) is 5.88 Å². The Hall–Kier alpha value is -3.09. The highest BCUT2D eigenvalue weighted by Gasteiger charge is 2.26. The number of nitrogens with zero attached hydrogens (tertiary/aromatic N) is 5. The molecule has 1 unspecified atom stereocenters. The third-order valence-corrected chi connectivity index (χ3v) is 4.42. The van der Waals surface area contributed by atoms with Gasteiger partial charge in [0.25, 0.3) is 0 Å². The van der Waals surface area contributed by atoms with Gasteiger partial charge in [0, 0.05) is 44.7 Å². The van der Waals surface area contributed by atoms with E-state index in [1.54, 1.807) is 13.2 Å². The minimum absolute atomic E-state index is 0.124. The number of guanidine groups is 1. The topological polar surface area (TPSA) is 67.0 Å². The summed E-state index contributed by atoms with van der Waals surface area (Å²) in [6, 6.07) is 11.7. The van der Waals surface area contributed by atoms with Crippen LogP contribution in [0, 0.1) is 0 Å². The van der Waals surface area contributed by atoms with Crippen LogP contribution in [-0.4, -0.2) is 51.5 Å². The van der Waals surface area contributed by atoms with E-state index >= 15 is 0 Å². The van der Waals surface area contributed by atoms with Crippen molar-refractivity contribution >= 4 is 11.6 Å². The molecule has 1 N–H and O–H groups in total. The van der Waals surface area contributed by atoms with Crippen LogP contribution >= 0.6 is 0 Å². The molecule has 7 heteroatoms. The third-order valence-electron chi connectivity index (χ3n) is 4.42. The van der Waals surface area contributed by atoms with Crippen LogP contribution in [0.4, 0.5) is 0 Å². The van der Waals surface area contributed by atoms with E-state index in [0.29, 0.717) is 12.4 Å². The highest BCUT2D eigenvalue weighted by Crippen LogP contribution is 2.16. The molecule has 4 heterocycles. The van der Waals surface area contributed by atoms with Gasteiger partial charge >= 0.3 is 0 Å². The highest BCUT2D eigenvalue weighted by molar-refractivity contribution is 5.80. The zero-order valence-electron chi connectivity index (χ0n) is 14.7. The smallest absolute Gasteiger partial charge is 0.213 e. The summed E-state index contributed by atoms with van der Waals surface area (Å²) in [5.74, 6) is 1.54. The number of hydrogen-bond acceptors (Lipinski definition) is 4. The lowest BCUT2D eigenvalue weighted by atomic mass is 10.3. The fourth-order valence-electron chi connectivity index (χ4n) is 3.18. The van der Waals surface area contributed by atoms with Gasteiger partial charge in [0.05, 0.1) is 18.8 Å². The molecule has 0 radical (unpaired) electrons. The first-order valence-corrected chi connectivity index (χ1v) is 8.78. The van der Waals surface area contributed by atoms with E-state index in [9.17, 15) is 0 Å². The summed E-state index contributed by atoms with van der Waals surface area (Å²) in [4.78, 5) is 15.5. The lowest BCUT2D eigenvalue weighted by Gasteiger charge is -2.21. The quantitative estimate of drug-likeness (QED) is 0.575. The van der Waals surface area contributed by atoms with Gasteiger partial charge in [-0.3, -0.25) is 4.99 Å². The molecule has 4 rings (SSSR count). The van der Waals surface area contributed by atoms with Gasteiger partial charge in [0.1, 0.15) is 11.8 Å². The largest absolute Gasteiger partial charge is 0.472 e. The van der Waals surface area contributed by atoms with Crippen molar-refractivity contribution in [3.63, 3.8) is 0 Å². The van der Waals surface area contributed by atoms with Crippen molar-refractivity contribution in [1.29, 1.82) is 0 Å². The number of fused-ring (bicyclic) bond motifs is 1. The first-order valence-electron chi connectivity index (χ1n) is 8.78. The molecular weight excluding hydrogens is 328 g/mol. The van der Waals surface area contributed by atoms with Crippen molar-refractivity contribution in [2.24, 2.45) is 4.99 Å². The molecule has 1 aliphatic rings. The van der Waals surface area contributed by atoms with E-state index in [-0.39, 0.29) is 6.10 Å². The number of rotatable bonds is 4. The molecule has 0 aliphatic carbocycles. The molecule has 1 saturated heterocycles. The minimum Gasteiger partial charge on any atom is -0.472 e. The summed E-state index contributed by atoms with van der Waals surface area (Å²) in [7, 11) is 1.80. The molecule has 0 aromatic carbocycles. The maximum atomic E-state index is 5.95. The van der Waals surface area contributed by atoms with E-state index in [4.69, 9.17) is 4.74 Å². The maximum Gasteiger partial charge on any atom is 0.213 e. The first kappa shape index (κ1) is 16.4. The van der Waals surface area contributed by atoms with Gasteiger partial charge in [-0.05, 0) is 18.2 Å². The van der Waals surface area contributed by atoms with Crippen molar-refractivity contribution in [2.45, 2.75) is 19.1 Å². The normalized spacial score (nSPS) is 17.7. The molecule has 0 saturated carbocycles. The summed E-state index contributed by atoms with van der Waals surface area (Å²) in [6.07, 6.45) is 6.86. The Bertz CT molecular complexity index is 858. The van der Waals surface area contributed by atoms with Gasteiger partial charge in [-0.15, -0.1) is 0 Å². The van der Waals surface area contributed by atoms with Crippen molar-refractivity contribution in [3.05, 3.63) is 60.7 Å². The molecule has 1 fully saturated rings. The monoisotopic (exact) mass is 350 g/mol. The first-order chi connectivity index (χ1) is 12.8. The lowest BCUT2D eigenvalue weighted by Crippen LogP contribution is -2.40. The minimum atomic E-state index is 0.124. The van der Waals surface area contributed by atoms with Gasteiger partial charge < -0.3 is 19.4 Å². The van der Waals surface area contributed by atoms with Crippen molar-refractivity contribution in [3.8, 4) is 5.88 Å². The van der Waals surface area contributed by atoms with Gasteiger partial charge in [-0.1, -0.05) is 12.1 Å². The van der Waals surface area contributed by atoms with Crippen LogP contribution < -0.4 is 10.1 Å². The van der Waals surface area contributed by atoms with Gasteiger partial charge in [-0.25, -0.2) is 9.97 Å². The van der Waals surface area contributed by atoms with Crippen molar-refractivity contribution in [2.75, 3.05) is 20.1 Å². The van der Waals surface area contributed by atoms with Crippen LogP contribution in [0.3, 0.4) is 0 Å². The molecule has 134 valence electrons. The third kappa shape index (κ3) is 3.61. The second kappa shape index (κ2) is 7.43. The Morgan fingerprint density at radius 2 is 2.23 bits per heavy atom. The molecule has 7 nitrogen and oxygen atoms in total.